The van der Waals surface area contributed by atoms with Crippen LogP contribution < -0.4 is 15.0 Å². The fourth-order valence-electron chi connectivity index (χ4n) is 4.58. The first-order valence-corrected chi connectivity index (χ1v) is 11.3. The van der Waals surface area contributed by atoms with Crippen molar-refractivity contribution >= 4 is 11.6 Å². The van der Waals surface area contributed by atoms with Gasteiger partial charge in [0.05, 0.1) is 31.4 Å². The van der Waals surface area contributed by atoms with E-state index in [1.807, 2.05) is 31.2 Å². The van der Waals surface area contributed by atoms with Gasteiger partial charge in [0, 0.05) is 38.9 Å². The van der Waals surface area contributed by atoms with Crippen molar-refractivity contribution in [3.8, 4) is 5.75 Å². The second-order valence-electron chi connectivity index (χ2n) is 8.22. The van der Waals surface area contributed by atoms with Crippen LogP contribution in [0.5, 0.6) is 5.75 Å². The largest absolute Gasteiger partial charge is 0.493 e. The Hall–Kier alpha value is -2.57. The number of hydrogen-bond acceptors (Lipinski definition) is 5. The minimum atomic E-state index is -0.0972. The molecule has 0 aliphatic carbocycles. The number of aryl methyl sites for hydroxylation is 1. The Kier molecular flexibility index (Phi) is 7.10. The Morgan fingerprint density at radius 3 is 2.77 bits per heavy atom. The molecule has 1 fully saturated rings. The smallest absolute Gasteiger partial charge is 0.255 e. The Balaban J connectivity index is 1.54. The summed E-state index contributed by atoms with van der Waals surface area (Å²) in [6, 6.07) is 14.3. The number of nitrogens with one attached hydrogen (secondary N) is 1. The van der Waals surface area contributed by atoms with Crippen molar-refractivity contribution in [1.82, 2.24) is 10.2 Å². The summed E-state index contributed by atoms with van der Waals surface area (Å²) in [5, 5.41) is 3.17. The summed E-state index contributed by atoms with van der Waals surface area (Å²) in [5.41, 5.74) is 4.56. The highest BCUT2D eigenvalue weighted by Crippen LogP contribution is 2.31. The number of nitrogens with zero attached hydrogens (tertiary/aromatic N) is 2. The van der Waals surface area contributed by atoms with Gasteiger partial charge in [-0.15, -0.1) is 0 Å². The number of anilines is 1. The first kappa shape index (κ1) is 21.7. The molecule has 1 saturated heterocycles. The number of morpholine rings is 1. The zero-order valence-corrected chi connectivity index (χ0v) is 18.6. The van der Waals surface area contributed by atoms with E-state index < -0.39 is 0 Å². The fraction of sp³-hybridized carbons (Fsp3) is 0.480. The number of ether oxygens (including phenoxy) is 2. The maximum atomic E-state index is 13.0. The Morgan fingerprint density at radius 1 is 1.16 bits per heavy atom. The van der Waals surface area contributed by atoms with Crippen LogP contribution in [0.15, 0.2) is 42.5 Å². The molecule has 1 unspecified atom stereocenters. The molecule has 1 N–H and O–H groups in total. The molecular formula is C25H33N3O3. The maximum Gasteiger partial charge on any atom is 0.255 e. The van der Waals surface area contributed by atoms with E-state index >= 15 is 0 Å². The van der Waals surface area contributed by atoms with Crippen LogP contribution in [0.3, 0.4) is 0 Å². The van der Waals surface area contributed by atoms with E-state index in [1.54, 1.807) is 0 Å². The van der Waals surface area contributed by atoms with Gasteiger partial charge in [-0.3, -0.25) is 9.69 Å². The third kappa shape index (κ3) is 5.02. The van der Waals surface area contributed by atoms with E-state index in [0.29, 0.717) is 24.5 Å². The second kappa shape index (κ2) is 10.2. The molecule has 0 spiro atoms. The number of carbonyl (C=O) groups is 1. The van der Waals surface area contributed by atoms with Crippen LogP contribution in [-0.4, -0.2) is 63.9 Å². The molecule has 31 heavy (non-hydrogen) atoms. The van der Waals surface area contributed by atoms with Crippen molar-refractivity contribution in [2.75, 3.05) is 57.9 Å². The van der Waals surface area contributed by atoms with Gasteiger partial charge in [-0.25, -0.2) is 0 Å². The van der Waals surface area contributed by atoms with Gasteiger partial charge in [0.2, 0.25) is 0 Å². The molecular weight excluding hydrogens is 390 g/mol. The first-order valence-electron chi connectivity index (χ1n) is 11.3. The number of rotatable bonds is 7. The van der Waals surface area contributed by atoms with Crippen LogP contribution in [0.2, 0.25) is 0 Å². The molecule has 6 heteroatoms. The van der Waals surface area contributed by atoms with Gasteiger partial charge in [-0.05, 0) is 49.1 Å². The molecule has 4 rings (SSSR count). The normalized spacial score (nSPS) is 17.7. The van der Waals surface area contributed by atoms with Gasteiger partial charge in [-0.1, -0.05) is 24.3 Å². The molecule has 2 aromatic carbocycles. The monoisotopic (exact) mass is 423 g/mol. The summed E-state index contributed by atoms with van der Waals surface area (Å²) in [5.74, 6) is 0.530. The zero-order valence-electron chi connectivity index (χ0n) is 18.6. The number of amides is 1. The van der Waals surface area contributed by atoms with E-state index in [4.69, 9.17) is 9.47 Å². The maximum absolute atomic E-state index is 13.0. The zero-order chi connectivity index (χ0) is 21.6. The summed E-state index contributed by atoms with van der Waals surface area (Å²) < 4.78 is 11.2. The van der Waals surface area contributed by atoms with E-state index in [1.165, 1.54) is 23.2 Å². The molecule has 166 valence electrons. The van der Waals surface area contributed by atoms with Gasteiger partial charge < -0.3 is 19.7 Å². The Bertz CT molecular complexity index is 895. The minimum Gasteiger partial charge on any atom is -0.493 e. The lowest BCUT2D eigenvalue weighted by molar-refractivity contribution is 0.0162. The van der Waals surface area contributed by atoms with E-state index in [9.17, 15) is 4.79 Å². The lowest BCUT2D eigenvalue weighted by atomic mass is 9.95. The summed E-state index contributed by atoms with van der Waals surface area (Å²) in [6.45, 7) is 7.31. The first-order chi connectivity index (χ1) is 15.2. The lowest BCUT2D eigenvalue weighted by Crippen LogP contribution is -2.44. The molecule has 0 bridgehead atoms. The van der Waals surface area contributed by atoms with Crippen LogP contribution >= 0.6 is 0 Å². The van der Waals surface area contributed by atoms with Crippen molar-refractivity contribution < 1.29 is 14.3 Å². The summed E-state index contributed by atoms with van der Waals surface area (Å²) in [7, 11) is 2.16. The van der Waals surface area contributed by atoms with E-state index in [0.717, 1.165) is 39.3 Å². The molecule has 2 aliphatic heterocycles. The Morgan fingerprint density at radius 2 is 1.97 bits per heavy atom. The lowest BCUT2D eigenvalue weighted by Gasteiger charge is -2.36. The van der Waals surface area contributed by atoms with Crippen molar-refractivity contribution in [2.45, 2.75) is 25.8 Å². The number of para-hydroxylation sites is 1. The van der Waals surface area contributed by atoms with Crippen molar-refractivity contribution in [2.24, 2.45) is 0 Å². The predicted octanol–water partition coefficient (Wildman–Crippen LogP) is 3.27. The SMILES string of the molecule is CCOc1ccccc1C(=O)NCC(c1ccc2c(c1)CCCN2C)N1CCOCC1. The van der Waals surface area contributed by atoms with Gasteiger partial charge >= 0.3 is 0 Å². The molecule has 2 heterocycles. The molecule has 0 radical (unpaired) electrons. The average molecular weight is 424 g/mol. The molecule has 2 aromatic rings. The number of fused-ring (bicyclic) bond motifs is 1. The minimum absolute atomic E-state index is 0.0972. The fourth-order valence-corrected chi connectivity index (χ4v) is 4.58. The van der Waals surface area contributed by atoms with Gasteiger partial charge in [0.1, 0.15) is 5.75 Å². The van der Waals surface area contributed by atoms with Crippen LogP contribution in [-0.2, 0) is 11.2 Å². The summed E-state index contributed by atoms with van der Waals surface area (Å²) in [4.78, 5) is 17.7. The molecule has 1 amide bonds. The number of benzene rings is 2. The van der Waals surface area contributed by atoms with Crippen LogP contribution in [0, 0.1) is 0 Å². The standard InChI is InChI=1S/C25H33N3O3/c1-3-31-24-9-5-4-8-21(24)25(29)26-18-23(28-13-15-30-16-14-28)20-10-11-22-19(17-20)7-6-12-27(22)2/h4-5,8-11,17,23H,3,6-7,12-16,18H2,1-2H3,(H,26,29). The third-order valence-corrected chi connectivity index (χ3v) is 6.21. The van der Waals surface area contributed by atoms with E-state index in [2.05, 4.69) is 40.4 Å². The summed E-state index contributed by atoms with van der Waals surface area (Å²) in [6.07, 6.45) is 2.29. The van der Waals surface area contributed by atoms with Gasteiger partial charge in [0.25, 0.3) is 5.91 Å². The third-order valence-electron chi connectivity index (χ3n) is 6.21. The highest BCUT2D eigenvalue weighted by atomic mass is 16.5. The quantitative estimate of drug-likeness (QED) is 0.741. The molecule has 0 aromatic heterocycles. The van der Waals surface area contributed by atoms with Gasteiger partial charge in [0.15, 0.2) is 0 Å². The topological polar surface area (TPSA) is 54.0 Å². The van der Waals surface area contributed by atoms with Crippen LogP contribution in [0.25, 0.3) is 0 Å². The highest BCUT2D eigenvalue weighted by molar-refractivity contribution is 5.96. The molecule has 2 aliphatic rings. The molecule has 0 saturated carbocycles. The second-order valence-corrected chi connectivity index (χ2v) is 8.22. The number of carbonyl (C=O) groups excluding carboxylic acids is 1. The van der Waals surface area contributed by atoms with Crippen LogP contribution in [0.1, 0.15) is 40.9 Å². The highest BCUT2D eigenvalue weighted by Gasteiger charge is 2.25. The van der Waals surface area contributed by atoms with E-state index in [-0.39, 0.29) is 11.9 Å². The van der Waals surface area contributed by atoms with Crippen molar-refractivity contribution in [1.29, 1.82) is 0 Å². The van der Waals surface area contributed by atoms with Gasteiger partial charge in [-0.2, -0.15) is 0 Å². The average Bonchev–Trinajstić information content (AvgIpc) is 2.80. The van der Waals surface area contributed by atoms with Crippen molar-refractivity contribution in [3.05, 3.63) is 59.2 Å². The molecule has 6 nitrogen and oxygen atoms in total. The van der Waals surface area contributed by atoms with Crippen molar-refractivity contribution in [3.63, 3.8) is 0 Å². The predicted molar refractivity (Wildman–Crippen MR) is 123 cm³/mol. The van der Waals surface area contributed by atoms with Crippen LogP contribution in [0.4, 0.5) is 5.69 Å². The summed E-state index contributed by atoms with van der Waals surface area (Å²) >= 11 is 0. The Labute approximate surface area is 185 Å². The number of hydrogen-bond donors (Lipinski definition) is 1. The molecule has 1 atom stereocenters.